The second-order valence-corrected chi connectivity index (χ2v) is 23.7. The predicted octanol–water partition coefficient (Wildman–Crippen LogP) is -3.20. The van der Waals surface area contributed by atoms with Crippen LogP contribution in [-0.2, 0) is 65.5 Å². The minimum atomic E-state index is -1.80. The van der Waals surface area contributed by atoms with Crippen LogP contribution in [-0.4, -0.2) is 196 Å². The molecule has 0 spiro atoms. The largest absolute Gasteiger partial charge is 0.508 e. The zero-order valence-electron chi connectivity index (χ0n) is 51.4. The van der Waals surface area contributed by atoms with E-state index in [1.807, 2.05) is 5.43 Å². The van der Waals surface area contributed by atoms with E-state index < -0.39 is 138 Å². The minimum absolute atomic E-state index is 0.00420. The number of para-hydroxylation sites is 1. The number of aromatic amines is 1. The maximum absolute atomic E-state index is 14.8. The number of nitrogens with zero attached hydrogens (tertiary/aromatic N) is 4. The molecule has 32 heteroatoms. The Morgan fingerprint density at radius 1 is 0.747 bits per heavy atom. The van der Waals surface area contributed by atoms with E-state index >= 15 is 0 Å². The van der Waals surface area contributed by atoms with Crippen LogP contribution in [0.4, 0.5) is 4.79 Å². The van der Waals surface area contributed by atoms with E-state index in [2.05, 4.69) is 67.9 Å². The summed E-state index contributed by atoms with van der Waals surface area (Å²) < 4.78 is 6.02. The van der Waals surface area contributed by atoms with Gasteiger partial charge < -0.3 is 84.6 Å². The lowest BCUT2D eigenvalue weighted by Crippen LogP contribution is -2.62. The number of phenols is 1. The highest BCUT2D eigenvalue weighted by Crippen LogP contribution is 2.22. The number of rotatable bonds is 31. The number of hydrogen-bond acceptors (Lipinski definition) is 17. The van der Waals surface area contributed by atoms with E-state index in [0.29, 0.717) is 28.5 Å². The maximum Gasteiger partial charge on any atom is 0.330 e. The molecule has 0 aliphatic carbocycles. The summed E-state index contributed by atoms with van der Waals surface area (Å²) in [5.41, 5.74) is 21.1. The summed E-state index contributed by atoms with van der Waals surface area (Å²) >= 11 is 0. The summed E-state index contributed by atoms with van der Waals surface area (Å²) in [6, 6.07) is -1.36. The van der Waals surface area contributed by atoms with Crippen LogP contribution in [0.15, 0.2) is 69.7 Å². The molecule has 10 atom stereocenters. The zero-order valence-corrected chi connectivity index (χ0v) is 51.4. The number of likely N-dealkylation sites (tertiary alicyclic amines) is 1. The molecule has 2 aromatic carbocycles. The number of aromatic nitrogens is 1. The van der Waals surface area contributed by atoms with E-state index in [4.69, 9.17) is 21.9 Å². The van der Waals surface area contributed by atoms with Crippen LogP contribution in [0.2, 0.25) is 0 Å². The molecule has 3 aliphatic heterocycles. The lowest BCUT2D eigenvalue weighted by molar-refractivity contribution is -0.142. The molecule has 10 unspecified atom stereocenters. The van der Waals surface area contributed by atoms with Crippen molar-refractivity contribution in [1.82, 2.24) is 63.3 Å². The number of nitrogens with two attached hydrogens (primary N) is 3. The number of nitrogens with one attached hydrogen (secondary N) is 11. The third-order valence-corrected chi connectivity index (χ3v) is 14.9. The van der Waals surface area contributed by atoms with E-state index in [0.717, 1.165) is 0 Å². The summed E-state index contributed by atoms with van der Waals surface area (Å²) in [6.07, 6.45) is 4.87. The molecule has 19 N–H and O–H groups in total. The van der Waals surface area contributed by atoms with E-state index in [-0.39, 0.29) is 94.4 Å². The molecule has 4 heterocycles. The first-order valence-electron chi connectivity index (χ1n) is 29.9. The van der Waals surface area contributed by atoms with Crippen LogP contribution < -0.4 is 70.6 Å². The Morgan fingerprint density at radius 2 is 1.36 bits per heavy atom. The smallest absolute Gasteiger partial charge is 0.330 e. The van der Waals surface area contributed by atoms with Gasteiger partial charge in [-0.1, -0.05) is 44.2 Å². The Kier molecular flexibility index (Phi) is 25.7. The van der Waals surface area contributed by atoms with Crippen LogP contribution in [0, 0.1) is 5.92 Å². The molecule has 1 aromatic heterocycles. The number of hydrogen-bond donors (Lipinski definition) is 16. The van der Waals surface area contributed by atoms with Gasteiger partial charge >= 0.3 is 6.03 Å². The van der Waals surface area contributed by atoms with Crippen LogP contribution in [0.3, 0.4) is 0 Å². The Morgan fingerprint density at radius 3 is 1.99 bits per heavy atom. The predicted molar refractivity (Wildman–Crippen MR) is 332 cm³/mol. The molecule has 32 nitrogen and oxygen atoms in total. The van der Waals surface area contributed by atoms with Gasteiger partial charge in [-0.05, 0) is 94.5 Å². The number of urea groups is 1. The Hall–Kier alpha value is -9.72. The SMILES string of the molecule is CC(C)CC(NC(=O)C(COC(C)(C)C)NC(=O)C(Cc1ccc(O)cc1)NC(=O)C(CO)NC(=O)C(Cc1c[nH]c2ccccc12)NC(=O)C(CC1C=NC=N1)NC(=O)C1CCC(=O)N1)C(=O)NC(CCCN=C(N)N)C(=O)N1CCCC1C(=O)NNC(N)=O. The van der Waals surface area contributed by atoms with Gasteiger partial charge in [0.15, 0.2) is 5.96 Å². The molecular formula is C59H84N18O14. The molecular weight excluding hydrogens is 1180 g/mol. The molecule has 0 bridgehead atoms. The van der Waals surface area contributed by atoms with Crippen LogP contribution in [0.1, 0.15) is 97.1 Å². The van der Waals surface area contributed by atoms with Crippen LogP contribution >= 0.6 is 0 Å². The van der Waals surface area contributed by atoms with Crippen molar-refractivity contribution in [3.05, 3.63) is 65.9 Å². The number of aliphatic hydroxyl groups excluding tert-OH is 1. The first kappa shape index (κ1) is 70.4. The standard InChI is InChI=1S/C59H84N18O14/c1-31(2)22-40(49(82)68-39(12-8-20-64-57(60)61)56(89)77-21-9-13-46(77)55(88)75-76-58(62)90)69-54(87)45(29-91-59(3,4)5)74-50(83)41(23-32-14-16-35(79)17-15-32)70-53(86)44(28-78)73-51(84)42(24-33-26-65-37-11-7-6-10-36(33)37)71-52(85)43(25-34-27-63-30-66-34)72-48(81)38-18-19-47(80)67-38/h6-7,10-11,14-17,26-27,30-31,34,38-46,65,78-79H,8-9,12-13,18-25,28-29H2,1-5H3,(H,67,80)(H,68,82)(H,69,87)(H,70,86)(H,71,85)(H,72,81)(H,73,84)(H,74,83)(H,75,88)(H4,60,61,64)(H3,62,76,90). The van der Waals surface area contributed by atoms with Gasteiger partial charge in [0, 0.05) is 62.1 Å². The maximum atomic E-state index is 14.8. The summed E-state index contributed by atoms with van der Waals surface area (Å²) in [4.78, 5) is 168. The number of amides is 12. The van der Waals surface area contributed by atoms with Crippen molar-refractivity contribution < 1.29 is 67.7 Å². The van der Waals surface area contributed by atoms with Crippen molar-refractivity contribution in [2.45, 2.75) is 165 Å². The van der Waals surface area contributed by atoms with Gasteiger partial charge in [0.25, 0.3) is 5.91 Å². The van der Waals surface area contributed by atoms with Crippen LogP contribution in [0.5, 0.6) is 5.75 Å². The van der Waals surface area contributed by atoms with E-state index in [1.54, 1.807) is 65.1 Å². The third kappa shape index (κ3) is 21.8. The minimum Gasteiger partial charge on any atom is -0.508 e. The zero-order chi connectivity index (χ0) is 66.5. The van der Waals surface area contributed by atoms with Crippen molar-refractivity contribution >= 4 is 94.5 Å². The fraction of sp³-hybridized carbons (Fsp3) is 0.525. The number of fused-ring (bicyclic) bond motifs is 1. The van der Waals surface area contributed by atoms with Gasteiger partial charge in [0.1, 0.15) is 66.5 Å². The van der Waals surface area contributed by atoms with Gasteiger partial charge in [-0.3, -0.25) is 63.4 Å². The Bertz CT molecular complexity index is 3180. The second kappa shape index (κ2) is 33.2. The second-order valence-electron chi connectivity index (χ2n) is 23.7. The molecule has 6 rings (SSSR count). The first-order valence-corrected chi connectivity index (χ1v) is 29.9. The summed E-state index contributed by atoms with van der Waals surface area (Å²) in [6.45, 7) is 7.28. The number of primary amides is 1. The number of aliphatic imine (C=N–C) groups is 3. The highest BCUT2D eigenvalue weighted by Gasteiger charge is 2.40. The number of ether oxygens (including phenoxy) is 1. The topological polar surface area (TPSA) is 492 Å². The molecule has 2 saturated heterocycles. The number of phenolic OH excluding ortho intramolecular Hbond substituents is 1. The first-order chi connectivity index (χ1) is 43.2. The lowest BCUT2D eigenvalue weighted by atomic mass is 10.0. The molecule has 3 aliphatic rings. The van der Waals surface area contributed by atoms with Gasteiger partial charge in [-0.2, -0.15) is 0 Å². The summed E-state index contributed by atoms with van der Waals surface area (Å²) in [7, 11) is 0. The number of aliphatic hydroxyl groups is 1. The highest BCUT2D eigenvalue weighted by atomic mass is 16.5. The van der Waals surface area contributed by atoms with Gasteiger partial charge in [0.2, 0.25) is 53.2 Å². The monoisotopic (exact) mass is 1270 g/mol. The highest BCUT2D eigenvalue weighted by molar-refractivity contribution is 6.00. The molecule has 0 saturated carbocycles. The number of carbonyl (C=O) groups excluding carboxylic acids is 11. The van der Waals surface area contributed by atoms with Crippen molar-refractivity contribution in [3.63, 3.8) is 0 Å². The molecule has 0 radical (unpaired) electrons. The van der Waals surface area contributed by atoms with Crippen molar-refractivity contribution in [3.8, 4) is 5.75 Å². The number of benzene rings is 2. The molecule has 2 fully saturated rings. The summed E-state index contributed by atoms with van der Waals surface area (Å²) in [5, 5.41) is 42.8. The molecule has 91 heavy (non-hydrogen) atoms. The third-order valence-electron chi connectivity index (χ3n) is 14.9. The Balaban J connectivity index is 1.24. The Labute approximate surface area is 524 Å². The average molecular weight is 1270 g/mol. The van der Waals surface area contributed by atoms with Gasteiger partial charge in [-0.25, -0.2) is 15.2 Å². The molecule has 494 valence electrons. The van der Waals surface area contributed by atoms with Gasteiger partial charge in [-0.15, -0.1) is 0 Å². The number of carbonyl (C=O) groups is 11. The number of guanidine groups is 1. The fourth-order valence-electron chi connectivity index (χ4n) is 10.3. The molecule has 3 aromatic rings. The van der Waals surface area contributed by atoms with E-state index in [9.17, 15) is 63.0 Å². The van der Waals surface area contributed by atoms with Crippen molar-refractivity contribution in [2.24, 2.45) is 38.1 Å². The normalized spacial score (nSPS) is 18.3. The summed E-state index contributed by atoms with van der Waals surface area (Å²) in [5.74, 6) is -8.59. The number of aromatic hydroxyl groups is 1. The number of H-pyrrole nitrogens is 1. The quantitative estimate of drug-likeness (QED) is 0.0131. The average Bonchev–Trinajstić information content (AvgIpc) is 1.85. The van der Waals surface area contributed by atoms with Crippen molar-refractivity contribution in [2.75, 3.05) is 26.3 Å². The van der Waals surface area contributed by atoms with E-state index in [1.165, 1.54) is 41.7 Å². The van der Waals surface area contributed by atoms with Crippen LogP contribution in [0.25, 0.3) is 10.9 Å². The molecule has 12 amide bonds. The lowest BCUT2D eigenvalue weighted by Gasteiger charge is -2.31. The van der Waals surface area contributed by atoms with Crippen molar-refractivity contribution in [1.29, 1.82) is 0 Å². The van der Waals surface area contributed by atoms with Gasteiger partial charge in [0.05, 0.1) is 24.9 Å². The number of hydrazine groups is 1. The fourth-order valence-corrected chi connectivity index (χ4v) is 10.3.